The number of hydrogen-bond donors (Lipinski definition) is 0. The van der Waals surface area contributed by atoms with Crippen LogP contribution in [0.3, 0.4) is 0 Å². The summed E-state index contributed by atoms with van der Waals surface area (Å²) in [7, 11) is -3.42. The molecule has 3 heterocycles. The van der Waals surface area contributed by atoms with Crippen molar-refractivity contribution in [3.05, 3.63) is 54.1 Å². The summed E-state index contributed by atoms with van der Waals surface area (Å²) in [6.07, 6.45) is 7.16. The normalized spacial score (nSPS) is 18.8. The van der Waals surface area contributed by atoms with Crippen LogP contribution in [0.15, 0.2) is 52.4 Å². The van der Waals surface area contributed by atoms with Crippen LogP contribution in [0.2, 0.25) is 0 Å². The number of rotatable bonds is 2. The first-order chi connectivity index (χ1) is 11.5. The number of aromatic nitrogens is 2. The van der Waals surface area contributed by atoms with Gasteiger partial charge in [0.15, 0.2) is 5.84 Å². The first-order valence-corrected chi connectivity index (χ1v) is 9.09. The molecule has 0 radical (unpaired) electrons. The van der Waals surface area contributed by atoms with Crippen LogP contribution in [0.25, 0.3) is 11.3 Å². The molecule has 0 N–H and O–H groups in total. The average molecular weight is 341 g/mol. The molecular formula is C16H15N5O2S. The van der Waals surface area contributed by atoms with Gasteiger partial charge >= 0.3 is 0 Å². The Kier molecular flexibility index (Phi) is 3.34. The van der Waals surface area contributed by atoms with E-state index in [9.17, 15) is 8.42 Å². The molecule has 8 heteroatoms. The molecule has 7 nitrogen and oxygen atoms in total. The molecular weight excluding hydrogens is 326 g/mol. The Bertz CT molecular complexity index is 984. The van der Waals surface area contributed by atoms with Crippen LogP contribution >= 0.6 is 0 Å². The fourth-order valence-electron chi connectivity index (χ4n) is 2.70. The molecule has 1 aromatic carbocycles. The van der Waals surface area contributed by atoms with Crippen molar-refractivity contribution in [2.24, 2.45) is 9.50 Å². The maximum Gasteiger partial charge on any atom is 0.256 e. The predicted octanol–water partition coefficient (Wildman–Crippen LogP) is 1.61. The van der Waals surface area contributed by atoms with Gasteiger partial charge in [0.1, 0.15) is 0 Å². The van der Waals surface area contributed by atoms with Gasteiger partial charge in [0.2, 0.25) is 0 Å². The molecule has 1 aromatic heterocycles. The zero-order chi connectivity index (χ0) is 16.7. The summed E-state index contributed by atoms with van der Waals surface area (Å²) < 4.78 is 29.5. The van der Waals surface area contributed by atoms with E-state index in [2.05, 4.69) is 14.5 Å². The van der Waals surface area contributed by atoms with Crippen LogP contribution in [0, 0.1) is 6.92 Å². The van der Waals surface area contributed by atoms with E-state index in [1.165, 1.54) is 0 Å². The number of aryl methyl sites for hydroxylation is 1. The van der Waals surface area contributed by atoms with Crippen molar-refractivity contribution < 1.29 is 8.42 Å². The molecule has 0 atom stereocenters. The molecule has 2 aliphatic heterocycles. The molecule has 2 aromatic rings. The van der Waals surface area contributed by atoms with Crippen LogP contribution < -0.4 is 0 Å². The van der Waals surface area contributed by atoms with Gasteiger partial charge in [-0.15, -0.1) is 4.40 Å². The van der Waals surface area contributed by atoms with E-state index in [4.69, 9.17) is 0 Å². The molecule has 0 saturated carbocycles. The lowest BCUT2D eigenvalue weighted by Gasteiger charge is -2.27. The van der Waals surface area contributed by atoms with Gasteiger partial charge in [-0.2, -0.15) is 5.10 Å². The smallest absolute Gasteiger partial charge is 0.256 e. The maximum atomic E-state index is 11.8. The highest BCUT2D eigenvalue weighted by Gasteiger charge is 2.28. The molecule has 0 unspecified atom stereocenters. The molecule has 0 saturated heterocycles. The predicted molar refractivity (Wildman–Crippen MR) is 92.7 cm³/mol. The summed E-state index contributed by atoms with van der Waals surface area (Å²) in [5.41, 5.74) is 3.58. The summed E-state index contributed by atoms with van der Waals surface area (Å²) in [6.45, 7) is 2.26. The minimum absolute atomic E-state index is 0.0139. The Morgan fingerprint density at radius 1 is 1.17 bits per heavy atom. The first-order valence-electron chi connectivity index (χ1n) is 7.48. The van der Waals surface area contributed by atoms with E-state index < -0.39 is 10.0 Å². The third-order valence-corrected chi connectivity index (χ3v) is 5.06. The number of nitrogens with zero attached hydrogens (tertiary/aromatic N) is 5. The quantitative estimate of drug-likeness (QED) is 0.831. The number of allylic oxidation sites excluding steroid dienone is 1. The molecule has 0 amide bonds. The van der Waals surface area contributed by atoms with Crippen molar-refractivity contribution >= 4 is 27.6 Å². The van der Waals surface area contributed by atoms with Crippen molar-refractivity contribution in [1.82, 2.24) is 14.6 Å². The molecule has 122 valence electrons. The summed E-state index contributed by atoms with van der Waals surface area (Å²) in [5, 5.41) is 5.81. The number of hydrazone groups is 1. The number of benzene rings is 1. The van der Waals surface area contributed by atoms with E-state index in [0.29, 0.717) is 12.4 Å². The molecule has 24 heavy (non-hydrogen) atoms. The number of amidine groups is 1. The second-order valence-corrected chi connectivity index (χ2v) is 7.39. The standard InChI is InChI=1S/C16H15N5O2S/c1-12-10-20(11-17-12)14-4-2-13(3-5-14)15-6-7-18-21-8-9-24(22,23)19-16(15)21/h2-7,10-11H,8-9H2,1H3. The lowest BCUT2D eigenvalue weighted by molar-refractivity contribution is 0.464. The Labute approximate surface area is 139 Å². The average Bonchev–Trinajstić information content (AvgIpc) is 3.00. The Balaban J connectivity index is 1.72. The van der Waals surface area contributed by atoms with E-state index in [-0.39, 0.29) is 5.75 Å². The Morgan fingerprint density at radius 3 is 2.67 bits per heavy atom. The SMILES string of the molecule is Cc1cn(-c2ccc(C3=CC=NN4CCS(=O)(=O)N=C34)cc2)cn1. The zero-order valence-corrected chi connectivity index (χ0v) is 13.8. The van der Waals surface area contributed by atoms with Gasteiger partial charge in [0, 0.05) is 23.7 Å². The van der Waals surface area contributed by atoms with E-state index in [1.54, 1.807) is 23.6 Å². The van der Waals surface area contributed by atoms with E-state index in [1.807, 2.05) is 42.0 Å². The van der Waals surface area contributed by atoms with Crippen LogP contribution in [0.1, 0.15) is 11.3 Å². The van der Waals surface area contributed by atoms with Crippen LogP contribution in [-0.2, 0) is 10.0 Å². The third kappa shape index (κ3) is 2.65. The topological polar surface area (TPSA) is 79.9 Å². The van der Waals surface area contributed by atoms with Crippen LogP contribution in [0.4, 0.5) is 0 Å². The van der Waals surface area contributed by atoms with Gasteiger partial charge in [-0.25, -0.2) is 18.4 Å². The minimum Gasteiger partial charge on any atom is -0.306 e. The highest BCUT2D eigenvalue weighted by atomic mass is 32.2. The lowest BCUT2D eigenvalue weighted by Crippen LogP contribution is -2.38. The Hall–Kier alpha value is -2.74. The number of sulfonamides is 1. The summed E-state index contributed by atoms with van der Waals surface area (Å²) in [5.74, 6) is 0.370. The molecule has 4 rings (SSSR count). The van der Waals surface area contributed by atoms with Crippen molar-refractivity contribution in [2.45, 2.75) is 6.92 Å². The van der Waals surface area contributed by atoms with Gasteiger partial charge < -0.3 is 4.57 Å². The van der Waals surface area contributed by atoms with Crippen molar-refractivity contribution in [1.29, 1.82) is 0 Å². The summed E-state index contributed by atoms with van der Waals surface area (Å²) in [6, 6.07) is 7.81. The van der Waals surface area contributed by atoms with Crippen molar-refractivity contribution in [3.63, 3.8) is 0 Å². The molecule has 2 aliphatic rings. The lowest BCUT2D eigenvalue weighted by atomic mass is 10.0. The van der Waals surface area contributed by atoms with Gasteiger partial charge in [-0.1, -0.05) is 12.1 Å². The zero-order valence-electron chi connectivity index (χ0n) is 13.0. The monoisotopic (exact) mass is 341 g/mol. The second-order valence-electron chi connectivity index (χ2n) is 5.64. The molecule has 0 fully saturated rings. The maximum absolute atomic E-state index is 11.8. The Morgan fingerprint density at radius 2 is 1.96 bits per heavy atom. The highest BCUT2D eigenvalue weighted by molar-refractivity contribution is 7.90. The number of hydrogen-bond acceptors (Lipinski definition) is 5. The third-order valence-electron chi connectivity index (χ3n) is 3.91. The van der Waals surface area contributed by atoms with E-state index >= 15 is 0 Å². The van der Waals surface area contributed by atoms with Crippen LogP contribution in [-0.4, -0.2) is 47.3 Å². The summed E-state index contributed by atoms with van der Waals surface area (Å²) in [4.78, 5) is 4.22. The van der Waals surface area contributed by atoms with E-state index in [0.717, 1.165) is 22.5 Å². The fourth-order valence-corrected chi connectivity index (χ4v) is 3.65. The van der Waals surface area contributed by atoms with Gasteiger partial charge in [0.05, 0.1) is 24.3 Å². The highest BCUT2D eigenvalue weighted by Crippen LogP contribution is 2.25. The molecule has 0 bridgehead atoms. The largest absolute Gasteiger partial charge is 0.306 e. The molecule has 0 aliphatic carbocycles. The number of imidazole rings is 1. The van der Waals surface area contributed by atoms with Gasteiger partial charge in [-0.05, 0) is 30.7 Å². The van der Waals surface area contributed by atoms with Gasteiger partial charge in [-0.3, -0.25) is 0 Å². The number of fused-ring (bicyclic) bond motifs is 1. The minimum atomic E-state index is -3.42. The van der Waals surface area contributed by atoms with Crippen molar-refractivity contribution in [2.75, 3.05) is 12.3 Å². The first kappa shape index (κ1) is 14.8. The van der Waals surface area contributed by atoms with Crippen molar-refractivity contribution in [3.8, 4) is 5.69 Å². The van der Waals surface area contributed by atoms with Crippen LogP contribution in [0.5, 0.6) is 0 Å². The molecule has 0 spiro atoms. The second kappa shape index (κ2) is 5.41. The van der Waals surface area contributed by atoms with Gasteiger partial charge in [0.25, 0.3) is 10.0 Å². The summed E-state index contributed by atoms with van der Waals surface area (Å²) >= 11 is 0. The fraction of sp³-hybridized carbons (Fsp3) is 0.188.